The number of thiazole rings is 1. The van der Waals surface area contributed by atoms with Crippen LogP contribution in [0.2, 0.25) is 0 Å². The number of amides is 2. The second-order valence-electron chi connectivity index (χ2n) is 8.73. The van der Waals surface area contributed by atoms with Gasteiger partial charge in [0.05, 0.1) is 17.1 Å². The highest BCUT2D eigenvalue weighted by Crippen LogP contribution is 2.32. The van der Waals surface area contributed by atoms with Crippen molar-refractivity contribution in [1.29, 1.82) is 0 Å². The fourth-order valence-electron chi connectivity index (χ4n) is 3.90. The van der Waals surface area contributed by atoms with Gasteiger partial charge in [-0.15, -0.1) is 11.3 Å². The number of aromatic nitrogens is 3. The van der Waals surface area contributed by atoms with Gasteiger partial charge in [0.2, 0.25) is 11.8 Å². The first-order valence-corrected chi connectivity index (χ1v) is 12.3. The zero-order valence-corrected chi connectivity index (χ0v) is 21.0. The Hall–Kier alpha value is -3.49. The second kappa shape index (κ2) is 11.7. The Morgan fingerprint density at radius 1 is 1.27 bits per heavy atom. The van der Waals surface area contributed by atoms with Crippen LogP contribution < -0.4 is 5.73 Å². The van der Waals surface area contributed by atoms with Crippen molar-refractivity contribution in [2.24, 2.45) is 10.9 Å². The van der Waals surface area contributed by atoms with E-state index in [9.17, 15) is 27.6 Å². The average molecular weight is 545 g/mol. The van der Waals surface area contributed by atoms with E-state index in [2.05, 4.69) is 21.0 Å². The summed E-state index contributed by atoms with van der Waals surface area (Å²) in [6, 6.07) is 0.934. The van der Waals surface area contributed by atoms with E-state index in [-0.39, 0.29) is 36.4 Å². The second-order valence-corrected chi connectivity index (χ2v) is 9.62. The maximum atomic E-state index is 12.8. The van der Waals surface area contributed by atoms with E-state index in [4.69, 9.17) is 9.94 Å². The number of aryl methyl sites for hydroxylation is 1. The smallest absolute Gasteiger partial charge is 0.435 e. The molecule has 2 amide bonds. The molecule has 0 saturated carbocycles. The molecule has 0 bridgehead atoms. The molecule has 0 aliphatic carbocycles. The molecule has 4 heterocycles. The summed E-state index contributed by atoms with van der Waals surface area (Å²) in [5.41, 5.74) is 5.06. The number of piperidine rings is 1. The monoisotopic (exact) mass is 544 g/mol. The zero-order valence-electron chi connectivity index (χ0n) is 20.2. The highest BCUT2D eigenvalue weighted by molar-refractivity contribution is 7.10. The Bertz CT molecular complexity index is 1170. The molecule has 4 rings (SSSR count). The maximum absolute atomic E-state index is 12.8. The molecule has 1 unspecified atom stereocenters. The number of nitrogens with two attached hydrogens (primary N) is 1. The lowest BCUT2D eigenvalue weighted by molar-refractivity contribution is -0.142. The highest BCUT2D eigenvalue weighted by atomic mass is 32.1. The molecule has 2 aromatic rings. The Morgan fingerprint density at radius 2 is 1.92 bits per heavy atom. The van der Waals surface area contributed by atoms with Crippen molar-refractivity contribution in [2.75, 3.05) is 13.1 Å². The summed E-state index contributed by atoms with van der Waals surface area (Å²) in [5.74, 6) is -1.39. The number of halogens is 3. The predicted octanol–water partition coefficient (Wildman–Crippen LogP) is 2.53. The van der Waals surface area contributed by atoms with Crippen LogP contribution in [0.3, 0.4) is 0 Å². The Balaban J connectivity index is 0.000000886. The van der Waals surface area contributed by atoms with Gasteiger partial charge in [-0.05, 0) is 25.8 Å². The lowest BCUT2D eigenvalue weighted by Crippen LogP contribution is -2.40. The normalized spacial score (nSPS) is 18.0. The number of oxime groups is 1. The SMILES string of the molecule is CC(N)=O.Cc1cc(C(F)(F)F)nn1CC(=O)N1CCC(c2nc(C3=NOC(CC(=O)O)C3)cs2)CC1. The Labute approximate surface area is 214 Å². The topological polar surface area (TPSA) is 153 Å². The summed E-state index contributed by atoms with van der Waals surface area (Å²) >= 11 is 1.49. The van der Waals surface area contributed by atoms with Crippen LogP contribution in [0.1, 0.15) is 60.6 Å². The molecule has 0 aromatic carbocycles. The molecule has 1 atom stereocenters. The first-order chi connectivity index (χ1) is 17.3. The average Bonchev–Trinajstić information content (AvgIpc) is 3.53. The molecule has 202 valence electrons. The van der Waals surface area contributed by atoms with Crippen molar-refractivity contribution in [3.8, 4) is 0 Å². The molecule has 11 nitrogen and oxygen atoms in total. The minimum absolute atomic E-state index is 0.119. The number of carbonyl (C=O) groups excluding carboxylic acids is 2. The minimum Gasteiger partial charge on any atom is -0.481 e. The molecule has 0 radical (unpaired) electrons. The summed E-state index contributed by atoms with van der Waals surface area (Å²) in [5, 5.41) is 19.1. The van der Waals surface area contributed by atoms with Crippen LogP contribution in [0.4, 0.5) is 13.2 Å². The Morgan fingerprint density at radius 3 is 2.49 bits per heavy atom. The van der Waals surface area contributed by atoms with Crippen LogP contribution >= 0.6 is 11.3 Å². The lowest BCUT2D eigenvalue weighted by Gasteiger charge is -2.31. The number of nitrogens with zero attached hydrogens (tertiary/aromatic N) is 5. The molecule has 37 heavy (non-hydrogen) atoms. The van der Waals surface area contributed by atoms with E-state index in [1.807, 2.05) is 5.38 Å². The molecular formula is C22H27F3N6O5S. The summed E-state index contributed by atoms with van der Waals surface area (Å²) in [7, 11) is 0. The van der Waals surface area contributed by atoms with Gasteiger partial charge < -0.3 is 20.6 Å². The van der Waals surface area contributed by atoms with Gasteiger partial charge in [0.1, 0.15) is 18.4 Å². The maximum Gasteiger partial charge on any atom is 0.435 e. The zero-order chi connectivity index (χ0) is 27.3. The third-order valence-electron chi connectivity index (χ3n) is 5.71. The first-order valence-electron chi connectivity index (χ1n) is 11.4. The number of hydrogen-bond acceptors (Lipinski definition) is 8. The summed E-state index contributed by atoms with van der Waals surface area (Å²) in [4.78, 5) is 44.1. The lowest BCUT2D eigenvalue weighted by atomic mass is 9.97. The highest BCUT2D eigenvalue weighted by Gasteiger charge is 2.35. The molecule has 15 heteroatoms. The summed E-state index contributed by atoms with van der Waals surface area (Å²) < 4.78 is 39.6. The number of rotatable bonds is 6. The number of carboxylic acids is 1. The quantitative estimate of drug-likeness (QED) is 0.567. The molecule has 1 fully saturated rings. The number of alkyl halides is 3. The van der Waals surface area contributed by atoms with Gasteiger partial charge in [0.15, 0.2) is 5.69 Å². The van der Waals surface area contributed by atoms with Crippen molar-refractivity contribution in [3.63, 3.8) is 0 Å². The number of carboxylic acid groups (broad SMARTS) is 1. The van der Waals surface area contributed by atoms with E-state index in [1.165, 1.54) is 25.2 Å². The van der Waals surface area contributed by atoms with Crippen molar-refractivity contribution >= 4 is 34.8 Å². The van der Waals surface area contributed by atoms with Crippen LogP contribution in [0, 0.1) is 6.92 Å². The van der Waals surface area contributed by atoms with Gasteiger partial charge in [0.25, 0.3) is 0 Å². The van der Waals surface area contributed by atoms with Gasteiger partial charge in [-0.25, -0.2) is 4.98 Å². The van der Waals surface area contributed by atoms with Crippen molar-refractivity contribution < 1.29 is 37.5 Å². The van der Waals surface area contributed by atoms with Crippen molar-refractivity contribution in [2.45, 2.75) is 64.3 Å². The van der Waals surface area contributed by atoms with Gasteiger partial charge in [-0.2, -0.15) is 18.3 Å². The molecule has 1 saturated heterocycles. The molecular weight excluding hydrogens is 517 g/mol. The predicted molar refractivity (Wildman–Crippen MR) is 126 cm³/mol. The van der Waals surface area contributed by atoms with Crippen LogP contribution in [0.15, 0.2) is 16.6 Å². The van der Waals surface area contributed by atoms with Gasteiger partial charge in [-0.3, -0.25) is 19.1 Å². The van der Waals surface area contributed by atoms with Gasteiger partial charge in [0, 0.05) is 43.4 Å². The van der Waals surface area contributed by atoms with Crippen molar-refractivity contribution in [3.05, 3.63) is 33.5 Å². The van der Waals surface area contributed by atoms with E-state index >= 15 is 0 Å². The Kier molecular flexibility index (Phi) is 8.89. The van der Waals surface area contributed by atoms with Crippen LogP contribution in [0.25, 0.3) is 0 Å². The van der Waals surface area contributed by atoms with Gasteiger partial charge in [-0.1, -0.05) is 5.16 Å². The summed E-state index contributed by atoms with van der Waals surface area (Å²) in [6.45, 7) is 3.53. The minimum atomic E-state index is -4.54. The fourth-order valence-corrected chi connectivity index (χ4v) is 4.90. The van der Waals surface area contributed by atoms with Gasteiger partial charge >= 0.3 is 12.1 Å². The van der Waals surface area contributed by atoms with E-state index in [0.717, 1.165) is 15.8 Å². The third-order valence-corrected chi connectivity index (χ3v) is 6.71. The molecule has 2 aliphatic heterocycles. The molecule has 0 spiro atoms. The summed E-state index contributed by atoms with van der Waals surface area (Å²) in [6.07, 6.45) is -3.37. The molecule has 3 N–H and O–H groups in total. The number of hydrogen-bond donors (Lipinski definition) is 2. The fraction of sp³-hybridized carbons (Fsp3) is 0.545. The standard InChI is InChI=1S/C20H22F3N5O4S.C2H5NO/c1-11-6-16(20(21,22)23)25-28(11)9-17(29)27-4-2-12(3-5-27)19-24-15(10-33-19)14-7-13(32-26-14)8-18(30)31;1-2(3)4/h6,10,12-13H,2-5,7-9H2,1H3,(H,30,31);1H3,(H2,3,4). The largest absolute Gasteiger partial charge is 0.481 e. The number of likely N-dealkylation sites (tertiary alicyclic amines) is 1. The van der Waals surface area contributed by atoms with Crippen LogP contribution in [-0.4, -0.2) is 67.5 Å². The van der Waals surface area contributed by atoms with E-state index in [0.29, 0.717) is 43.8 Å². The molecule has 2 aromatic heterocycles. The van der Waals surface area contributed by atoms with Crippen molar-refractivity contribution in [1.82, 2.24) is 19.7 Å². The molecule has 2 aliphatic rings. The number of carbonyl (C=O) groups is 3. The number of primary amides is 1. The van der Waals surface area contributed by atoms with E-state index in [1.54, 1.807) is 4.90 Å². The van der Waals surface area contributed by atoms with Crippen LogP contribution in [-0.2, 0) is 31.9 Å². The van der Waals surface area contributed by atoms with E-state index < -0.39 is 23.9 Å². The number of aliphatic carboxylic acids is 1. The first kappa shape index (κ1) is 28.1. The van der Waals surface area contributed by atoms with Crippen LogP contribution in [0.5, 0.6) is 0 Å². The third kappa shape index (κ3) is 7.74.